The highest BCUT2D eigenvalue weighted by molar-refractivity contribution is 9.10. The molecule has 2 aromatic carbocycles. The van der Waals surface area contributed by atoms with Crippen LogP contribution in [0.1, 0.15) is 5.56 Å². The van der Waals surface area contributed by atoms with Gasteiger partial charge >= 0.3 is 0 Å². The van der Waals surface area contributed by atoms with Crippen LogP contribution < -0.4 is 5.32 Å². The summed E-state index contributed by atoms with van der Waals surface area (Å²) in [5.74, 6) is 0. The number of nitrogens with one attached hydrogen (secondary N) is 1. The monoisotopic (exact) mass is 340 g/mol. The number of benzene rings is 2. The minimum Gasteiger partial charge on any atom is -0.381 e. The Bertz CT molecular complexity index is 619. The molecule has 0 atom stereocenters. The van der Waals surface area contributed by atoms with Crippen molar-refractivity contribution < 1.29 is 4.92 Å². The number of anilines is 1. The molecule has 2 aromatic rings. The molecule has 0 heterocycles. The van der Waals surface area contributed by atoms with E-state index in [1.165, 1.54) is 6.07 Å². The van der Waals surface area contributed by atoms with Crippen molar-refractivity contribution in [2.45, 2.75) is 6.54 Å². The first kappa shape index (κ1) is 13.8. The molecule has 0 saturated heterocycles. The summed E-state index contributed by atoms with van der Waals surface area (Å²) in [7, 11) is 0. The van der Waals surface area contributed by atoms with Gasteiger partial charge < -0.3 is 5.32 Å². The highest BCUT2D eigenvalue weighted by Gasteiger charge is 2.11. The van der Waals surface area contributed by atoms with Gasteiger partial charge in [-0.1, -0.05) is 23.7 Å². The van der Waals surface area contributed by atoms with E-state index in [0.29, 0.717) is 16.0 Å². The zero-order valence-electron chi connectivity index (χ0n) is 9.77. The second kappa shape index (κ2) is 6.04. The van der Waals surface area contributed by atoms with Gasteiger partial charge in [0, 0.05) is 23.3 Å². The molecule has 0 radical (unpaired) electrons. The first-order valence-corrected chi connectivity index (χ1v) is 6.65. The van der Waals surface area contributed by atoms with E-state index >= 15 is 0 Å². The maximum absolute atomic E-state index is 10.7. The molecule has 0 amide bonds. The maximum atomic E-state index is 10.7. The van der Waals surface area contributed by atoms with Crippen LogP contribution in [0.3, 0.4) is 0 Å². The average molecular weight is 342 g/mol. The lowest BCUT2D eigenvalue weighted by Crippen LogP contribution is -1.99. The zero-order chi connectivity index (χ0) is 13.8. The molecule has 0 aliphatic heterocycles. The first-order valence-electron chi connectivity index (χ1n) is 5.48. The molecule has 2 rings (SSSR count). The highest BCUT2D eigenvalue weighted by Crippen LogP contribution is 2.27. The topological polar surface area (TPSA) is 55.2 Å². The van der Waals surface area contributed by atoms with Gasteiger partial charge in [-0.2, -0.15) is 0 Å². The number of nitro benzene ring substituents is 1. The van der Waals surface area contributed by atoms with Gasteiger partial charge in [0.15, 0.2) is 0 Å². The number of nitrogens with zero attached hydrogens (tertiary/aromatic N) is 1. The van der Waals surface area contributed by atoms with Crippen LogP contribution in [-0.2, 0) is 6.54 Å². The highest BCUT2D eigenvalue weighted by atomic mass is 79.9. The van der Waals surface area contributed by atoms with Gasteiger partial charge in [0.05, 0.1) is 9.40 Å². The fourth-order valence-corrected chi connectivity index (χ4v) is 2.35. The molecule has 0 bridgehead atoms. The molecule has 0 aliphatic rings. The van der Waals surface area contributed by atoms with Crippen molar-refractivity contribution in [2.24, 2.45) is 0 Å². The molecule has 0 fully saturated rings. The van der Waals surface area contributed by atoms with Gasteiger partial charge in [-0.05, 0) is 45.8 Å². The van der Waals surface area contributed by atoms with Gasteiger partial charge in [0.1, 0.15) is 0 Å². The van der Waals surface area contributed by atoms with Crippen LogP contribution >= 0.6 is 27.5 Å². The Morgan fingerprint density at radius 3 is 2.68 bits per heavy atom. The summed E-state index contributed by atoms with van der Waals surface area (Å²) < 4.78 is 0.452. The molecule has 19 heavy (non-hydrogen) atoms. The zero-order valence-corrected chi connectivity index (χ0v) is 12.1. The van der Waals surface area contributed by atoms with Gasteiger partial charge in [0.2, 0.25) is 0 Å². The van der Waals surface area contributed by atoms with E-state index in [0.717, 1.165) is 11.3 Å². The van der Waals surface area contributed by atoms with Crippen LogP contribution in [0.4, 0.5) is 11.4 Å². The van der Waals surface area contributed by atoms with Crippen LogP contribution in [0.15, 0.2) is 46.9 Å². The van der Waals surface area contributed by atoms with Crippen molar-refractivity contribution in [1.82, 2.24) is 0 Å². The van der Waals surface area contributed by atoms with E-state index in [1.807, 2.05) is 24.3 Å². The van der Waals surface area contributed by atoms with Crippen molar-refractivity contribution in [3.8, 4) is 0 Å². The Kier molecular flexibility index (Phi) is 4.39. The van der Waals surface area contributed by atoms with Gasteiger partial charge in [-0.15, -0.1) is 0 Å². The van der Waals surface area contributed by atoms with E-state index in [9.17, 15) is 10.1 Å². The van der Waals surface area contributed by atoms with Crippen molar-refractivity contribution in [3.63, 3.8) is 0 Å². The summed E-state index contributed by atoms with van der Waals surface area (Å²) in [6.07, 6.45) is 0. The van der Waals surface area contributed by atoms with Crippen molar-refractivity contribution >= 4 is 38.9 Å². The fraction of sp³-hybridized carbons (Fsp3) is 0.0769. The predicted molar refractivity (Wildman–Crippen MR) is 79.6 cm³/mol. The summed E-state index contributed by atoms with van der Waals surface area (Å²) in [6, 6.07) is 12.3. The SMILES string of the molecule is O=[N+]([O-])c1ccc(NCc2cccc(Cl)c2)cc1Br. The molecular formula is C13H10BrClN2O2. The Hall–Kier alpha value is -1.59. The Balaban J connectivity index is 2.08. The summed E-state index contributed by atoms with van der Waals surface area (Å²) >= 11 is 9.08. The molecule has 0 aliphatic carbocycles. The number of halogens is 2. The molecule has 6 heteroatoms. The van der Waals surface area contributed by atoms with E-state index < -0.39 is 4.92 Å². The van der Waals surface area contributed by atoms with E-state index in [2.05, 4.69) is 21.2 Å². The lowest BCUT2D eigenvalue weighted by Gasteiger charge is -2.07. The number of nitro groups is 1. The summed E-state index contributed by atoms with van der Waals surface area (Å²) in [5.41, 5.74) is 1.90. The molecule has 0 spiro atoms. The van der Waals surface area contributed by atoms with Crippen molar-refractivity contribution in [2.75, 3.05) is 5.32 Å². The second-order valence-electron chi connectivity index (χ2n) is 3.91. The lowest BCUT2D eigenvalue weighted by molar-refractivity contribution is -0.385. The van der Waals surface area contributed by atoms with Crippen molar-refractivity contribution in [1.29, 1.82) is 0 Å². The Morgan fingerprint density at radius 1 is 1.26 bits per heavy atom. The minimum absolute atomic E-state index is 0.0494. The standard InChI is InChI=1S/C13H10BrClN2O2/c14-12-7-11(4-5-13(12)17(18)19)16-8-9-2-1-3-10(15)6-9/h1-7,16H,8H2. The predicted octanol–water partition coefficient (Wildman–Crippen LogP) is 4.62. The average Bonchev–Trinajstić information content (AvgIpc) is 2.36. The van der Waals surface area contributed by atoms with Crippen LogP contribution in [-0.4, -0.2) is 4.92 Å². The number of rotatable bonds is 4. The van der Waals surface area contributed by atoms with Gasteiger partial charge in [-0.3, -0.25) is 10.1 Å². The summed E-state index contributed by atoms with van der Waals surface area (Å²) in [5, 5.41) is 14.6. The number of hydrogen-bond donors (Lipinski definition) is 1. The molecule has 0 saturated carbocycles. The van der Waals surface area contributed by atoms with Crippen LogP contribution in [0.5, 0.6) is 0 Å². The van der Waals surface area contributed by atoms with Gasteiger partial charge in [-0.25, -0.2) is 0 Å². The third-order valence-electron chi connectivity index (χ3n) is 2.53. The van der Waals surface area contributed by atoms with Crippen LogP contribution in [0, 0.1) is 10.1 Å². The first-order chi connectivity index (χ1) is 9.06. The molecule has 98 valence electrons. The van der Waals surface area contributed by atoms with Crippen molar-refractivity contribution in [3.05, 3.63) is 67.6 Å². The third kappa shape index (κ3) is 3.68. The van der Waals surface area contributed by atoms with Crippen LogP contribution in [0.2, 0.25) is 5.02 Å². The molecule has 0 unspecified atom stereocenters. The minimum atomic E-state index is -0.426. The Morgan fingerprint density at radius 2 is 2.05 bits per heavy atom. The fourth-order valence-electron chi connectivity index (χ4n) is 1.62. The normalized spacial score (nSPS) is 10.2. The van der Waals surface area contributed by atoms with Gasteiger partial charge in [0.25, 0.3) is 5.69 Å². The Labute approximate surface area is 123 Å². The lowest BCUT2D eigenvalue weighted by atomic mass is 10.2. The number of hydrogen-bond acceptors (Lipinski definition) is 3. The summed E-state index contributed by atoms with van der Waals surface area (Å²) in [4.78, 5) is 10.3. The quantitative estimate of drug-likeness (QED) is 0.652. The third-order valence-corrected chi connectivity index (χ3v) is 3.40. The summed E-state index contributed by atoms with van der Waals surface area (Å²) in [6.45, 7) is 0.602. The van der Waals surface area contributed by atoms with E-state index in [1.54, 1.807) is 12.1 Å². The molecule has 1 N–H and O–H groups in total. The second-order valence-corrected chi connectivity index (χ2v) is 5.20. The molecule has 0 aromatic heterocycles. The smallest absolute Gasteiger partial charge is 0.283 e. The maximum Gasteiger partial charge on any atom is 0.283 e. The van der Waals surface area contributed by atoms with Crippen LogP contribution in [0.25, 0.3) is 0 Å². The molecular weight excluding hydrogens is 332 g/mol. The van der Waals surface area contributed by atoms with E-state index in [-0.39, 0.29) is 5.69 Å². The van der Waals surface area contributed by atoms with E-state index in [4.69, 9.17) is 11.6 Å². The molecule has 4 nitrogen and oxygen atoms in total. The largest absolute Gasteiger partial charge is 0.381 e.